The quantitative estimate of drug-likeness (QED) is 0.165. The van der Waals surface area contributed by atoms with E-state index in [4.69, 9.17) is 223 Å². The first-order chi connectivity index (χ1) is 36.1. The Morgan fingerprint density at radius 2 is 0.571 bits per heavy atom. The van der Waals surface area contributed by atoms with E-state index in [9.17, 15) is 0 Å². The van der Waals surface area contributed by atoms with Gasteiger partial charge in [0.25, 0.3) is 0 Å². The Morgan fingerprint density at radius 3 is 1.08 bits per heavy atom. The van der Waals surface area contributed by atoms with Crippen molar-refractivity contribution >= 4 is 421 Å². The SMILES string of the molecule is [B]c1c([B])c([B])c(-c2nc(-c3c([B])c([B])c([B])c([B])c3[B])nc(-c3c([B])c([B])c([B])c4oc5c(-n6c7c([B])c([B])c([B])c([B])c7c7c([B])c([B])c8c(sc9c([B])c([B])c([B])c([B])c98)c76)c([B])c([B])c([B])c5c34)n2)c([B])c1[B]. The second-order valence-electron chi connectivity index (χ2n) is 18.3. The zero-order valence-corrected chi connectivity index (χ0v) is 40.9. The summed E-state index contributed by atoms with van der Waals surface area (Å²) in [5.41, 5.74) is -3.12. The van der Waals surface area contributed by atoms with Gasteiger partial charge in [0, 0.05) is 43.1 Å². The van der Waals surface area contributed by atoms with E-state index in [1.54, 1.807) is 4.57 Å². The van der Waals surface area contributed by atoms with Crippen LogP contribution < -0.4 is 142 Å². The number of aromatic nitrogens is 4. The molecule has 0 amide bonds. The molecular weight excluding hydrogens is 926 g/mol. The van der Waals surface area contributed by atoms with E-state index in [2.05, 4.69) is 0 Å². The van der Waals surface area contributed by atoms with E-state index in [0.29, 0.717) is 20.2 Å². The molecule has 0 fully saturated rings. The molecule has 0 N–H and O–H groups in total. The fourth-order valence-electron chi connectivity index (χ4n) is 10.2. The van der Waals surface area contributed by atoms with Gasteiger partial charge in [-0.1, -0.05) is 76.5 Å². The van der Waals surface area contributed by atoms with Crippen molar-refractivity contribution in [3.8, 4) is 39.9 Å². The van der Waals surface area contributed by atoms with Gasteiger partial charge in [0.1, 0.15) is 210 Å². The molecule has 7 aromatic carbocycles. The van der Waals surface area contributed by atoms with Gasteiger partial charge in [-0.25, -0.2) is 15.0 Å². The van der Waals surface area contributed by atoms with E-state index in [1.165, 1.54) is 0 Å². The van der Waals surface area contributed by atoms with E-state index >= 15 is 0 Å². The molecule has 5 nitrogen and oxygen atoms in total. The van der Waals surface area contributed by atoms with Crippen LogP contribution in [-0.4, -0.2) is 224 Å². The largest absolute Gasteiger partial charge is 0.455 e. The minimum absolute atomic E-state index is 0.00609. The average Bonchev–Trinajstić information content (AvgIpc) is 4.11. The zero-order chi connectivity index (χ0) is 56.1. The van der Waals surface area contributed by atoms with Gasteiger partial charge in [-0.15, -0.1) is 76.9 Å². The van der Waals surface area contributed by atoms with E-state index < -0.39 is 0 Å². The van der Waals surface area contributed by atoms with Gasteiger partial charge in [0.05, 0.1) is 15.9 Å². The lowest BCUT2D eigenvalue weighted by Gasteiger charge is -2.23. The molecule has 4 aromatic heterocycles. The van der Waals surface area contributed by atoms with Crippen LogP contribution in [0.4, 0.5) is 0 Å². The Hall–Kier alpha value is -4.94. The van der Waals surface area contributed by atoms with Crippen molar-refractivity contribution in [1.29, 1.82) is 0 Å². The van der Waals surface area contributed by atoms with Gasteiger partial charge in [-0.3, -0.25) is 0 Å². The predicted molar refractivity (Wildman–Crippen MR) is 351 cm³/mol. The maximum Gasteiger partial charge on any atom is 0.164 e. The zero-order valence-electron chi connectivity index (χ0n) is 40.1. The number of furan rings is 1. The third kappa shape index (κ3) is 7.06. The Morgan fingerprint density at radius 1 is 0.247 bits per heavy atom. The number of hydrogen-bond acceptors (Lipinski definition) is 5. The standard InChI is InChI=1S/C45B26N4OS/c46-10-3-2-11(47)20(56)30(66)32(68)36(2)75(37(3)42-6(13(10)49)5-14(50)21(57)31(67)35(71)41(5)77-42)38-33(69)26(62)12(48)4-1-7(15(51)27(63)34(70)39(1)76-40(4)38)43-72-44(8-16(52)22(58)28(64)23(59)17(8)53)74-45(73-43)9-18(54)24(60)29(65)25(61)19(9)55. The molecule has 77 heavy (non-hydrogen) atoms. The third-order valence-corrected chi connectivity index (χ3v) is 15.6. The van der Waals surface area contributed by atoms with Crippen molar-refractivity contribution < 1.29 is 4.42 Å². The Labute approximate surface area is 481 Å². The van der Waals surface area contributed by atoms with Crippen LogP contribution in [0.1, 0.15) is 0 Å². The number of benzene rings is 7. The molecule has 290 valence electrons. The maximum atomic E-state index is 7.16. The van der Waals surface area contributed by atoms with Crippen molar-refractivity contribution in [3.63, 3.8) is 0 Å². The normalized spacial score (nSPS) is 11.9. The number of thiophene rings is 1. The van der Waals surface area contributed by atoms with Crippen LogP contribution in [0.2, 0.25) is 0 Å². The fraction of sp³-hybridized carbons (Fsp3) is 0. The van der Waals surface area contributed by atoms with Crippen molar-refractivity contribution in [1.82, 2.24) is 19.5 Å². The lowest BCUT2D eigenvalue weighted by Crippen LogP contribution is -2.55. The van der Waals surface area contributed by atoms with Gasteiger partial charge >= 0.3 is 0 Å². The molecule has 0 aliphatic rings. The highest BCUT2D eigenvalue weighted by molar-refractivity contribution is 7.28. The van der Waals surface area contributed by atoms with Crippen LogP contribution in [0.5, 0.6) is 0 Å². The first-order valence-electron chi connectivity index (χ1n) is 22.3. The maximum absolute atomic E-state index is 7.16. The van der Waals surface area contributed by atoms with Gasteiger partial charge in [-0.2, -0.15) is 0 Å². The molecule has 52 radical (unpaired) electrons. The molecule has 32 heteroatoms. The van der Waals surface area contributed by atoms with Crippen molar-refractivity contribution in [2.24, 2.45) is 0 Å². The topological polar surface area (TPSA) is 56.7 Å². The van der Waals surface area contributed by atoms with Crippen LogP contribution in [0.25, 0.3) is 104 Å². The van der Waals surface area contributed by atoms with Crippen LogP contribution in [0, 0.1) is 0 Å². The summed E-state index contributed by atoms with van der Waals surface area (Å²) in [6, 6.07) is 0. The van der Waals surface area contributed by atoms with Crippen molar-refractivity contribution in [2.75, 3.05) is 0 Å². The first-order valence-corrected chi connectivity index (χ1v) is 23.2. The fourth-order valence-corrected chi connectivity index (χ4v) is 11.5. The molecule has 11 rings (SSSR count). The Kier molecular flexibility index (Phi) is 12.8. The highest BCUT2D eigenvalue weighted by Crippen LogP contribution is 2.42. The highest BCUT2D eigenvalue weighted by atomic mass is 32.1. The molecule has 0 spiro atoms. The van der Waals surface area contributed by atoms with E-state index in [-0.39, 0.29) is 226 Å². The van der Waals surface area contributed by atoms with Gasteiger partial charge in [-0.05, 0) is 16.2 Å². The summed E-state index contributed by atoms with van der Waals surface area (Å²) < 4.78 is 9.23. The number of nitrogens with zero attached hydrogens (tertiary/aromatic N) is 4. The van der Waals surface area contributed by atoms with Crippen molar-refractivity contribution in [3.05, 3.63) is 0 Å². The summed E-state index contributed by atoms with van der Waals surface area (Å²) >= 11 is 1.13. The summed E-state index contributed by atoms with van der Waals surface area (Å²) in [6.07, 6.45) is 0. The second-order valence-corrected chi connectivity index (χ2v) is 19.4. The molecule has 0 unspecified atom stereocenters. The van der Waals surface area contributed by atoms with Crippen LogP contribution in [-0.2, 0) is 0 Å². The molecular formula is C45B26N4OS. The summed E-state index contributed by atoms with van der Waals surface area (Å²) in [4.78, 5) is 14.4. The molecule has 0 saturated carbocycles. The number of hydrogen-bond donors (Lipinski definition) is 0. The van der Waals surface area contributed by atoms with Crippen LogP contribution in [0.15, 0.2) is 4.42 Å². The summed E-state index contributed by atoms with van der Waals surface area (Å²) in [7, 11) is 173. The summed E-state index contributed by atoms with van der Waals surface area (Å²) in [5, 5.41) is 1.10. The Balaban J connectivity index is 1.38. The van der Waals surface area contributed by atoms with E-state index in [0.717, 1.165) is 11.3 Å². The third-order valence-electron chi connectivity index (χ3n) is 14.4. The number of rotatable bonds is 4. The van der Waals surface area contributed by atoms with Gasteiger partial charge in [0.15, 0.2) is 23.1 Å². The monoisotopic (exact) mass is 930 g/mol. The summed E-state index contributed by atoms with van der Waals surface area (Å²) in [5.74, 6) is -0.882. The van der Waals surface area contributed by atoms with Gasteiger partial charge < -0.3 is 8.98 Å². The molecule has 0 aliphatic carbocycles. The van der Waals surface area contributed by atoms with Crippen LogP contribution >= 0.6 is 11.3 Å². The average molecular weight is 926 g/mol. The molecule has 0 atom stereocenters. The van der Waals surface area contributed by atoms with Crippen LogP contribution in [0.3, 0.4) is 0 Å². The molecule has 0 saturated heterocycles. The Bertz CT molecular complexity index is 4520. The minimum Gasteiger partial charge on any atom is -0.455 e. The van der Waals surface area contributed by atoms with Crippen molar-refractivity contribution in [2.45, 2.75) is 0 Å². The van der Waals surface area contributed by atoms with Gasteiger partial charge in [0.2, 0.25) is 0 Å². The molecule has 11 aromatic rings. The van der Waals surface area contributed by atoms with E-state index in [1.807, 2.05) is 0 Å². The summed E-state index contributed by atoms with van der Waals surface area (Å²) in [6.45, 7) is 0. The minimum atomic E-state index is -0.306. The lowest BCUT2D eigenvalue weighted by atomic mass is 9.60. The molecule has 0 bridgehead atoms. The lowest BCUT2D eigenvalue weighted by molar-refractivity contribution is 0.670. The second kappa shape index (κ2) is 18.3. The highest BCUT2D eigenvalue weighted by Gasteiger charge is 2.32. The predicted octanol–water partition coefficient (Wildman–Crippen LogP) is -19.1. The molecule has 0 aliphatic heterocycles. The molecule has 4 heterocycles. The smallest absolute Gasteiger partial charge is 0.164 e. The number of fused-ring (bicyclic) bond motifs is 10. The first kappa shape index (κ1) is 54.0.